The lowest BCUT2D eigenvalue weighted by Crippen LogP contribution is -2.22. The van der Waals surface area contributed by atoms with Gasteiger partial charge in [-0.25, -0.2) is 4.79 Å². The van der Waals surface area contributed by atoms with Crippen molar-refractivity contribution in [1.82, 2.24) is 0 Å². The van der Waals surface area contributed by atoms with Gasteiger partial charge >= 0.3 is 5.97 Å². The number of para-hydroxylation sites is 1. The van der Waals surface area contributed by atoms with E-state index in [1.807, 2.05) is 62.4 Å². The van der Waals surface area contributed by atoms with Crippen LogP contribution in [0.15, 0.2) is 60.7 Å². The number of carbonyl (C=O) groups is 2. The van der Waals surface area contributed by atoms with Gasteiger partial charge in [0.05, 0.1) is 5.56 Å². The summed E-state index contributed by atoms with van der Waals surface area (Å²) in [6, 6.07) is 18.9. The van der Waals surface area contributed by atoms with Crippen LogP contribution in [-0.2, 0) is 16.0 Å². The smallest absolute Gasteiger partial charge is 0.339 e. The standard InChI is InChI=1S/C22H21NO3/c1-3-16-10-6-8-15(2)21(16)23-20(24)14-26-22(25)19-13-7-11-17-9-4-5-12-18(17)19/h4-13H,3,14H2,1-2H3,(H,23,24). The zero-order valence-electron chi connectivity index (χ0n) is 14.9. The fourth-order valence-electron chi connectivity index (χ4n) is 2.99. The fourth-order valence-corrected chi connectivity index (χ4v) is 2.99. The normalized spacial score (nSPS) is 10.5. The number of ether oxygens (including phenoxy) is 1. The number of hydrogen-bond donors (Lipinski definition) is 1. The number of rotatable bonds is 5. The largest absolute Gasteiger partial charge is 0.452 e. The van der Waals surface area contributed by atoms with E-state index >= 15 is 0 Å². The number of fused-ring (bicyclic) bond motifs is 1. The molecule has 0 bridgehead atoms. The van der Waals surface area contributed by atoms with Gasteiger partial charge in [-0.1, -0.05) is 61.5 Å². The van der Waals surface area contributed by atoms with Crippen LogP contribution in [0.3, 0.4) is 0 Å². The van der Waals surface area contributed by atoms with Crippen molar-refractivity contribution < 1.29 is 14.3 Å². The first kappa shape index (κ1) is 17.7. The zero-order valence-corrected chi connectivity index (χ0v) is 14.9. The SMILES string of the molecule is CCc1cccc(C)c1NC(=O)COC(=O)c1cccc2ccccc12. The Kier molecular flexibility index (Phi) is 5.32. The first-order chi connectivity index (χ1) is 12.6. The van der Waals surface area contributed by atoms with E-state index in [4.69, 9.17) is 4.74 Å². The Labute approximate surface area is 152 Å². The summed E-state index contributed by atoms with van der Waals surface area (Å²) in [5.74, 6) is -0.847. The summed E-state index contributed by atoms with van der Waals surface area (Å²) >= 11 is 0. The predicted octanol–water partition coefficient (Wildman–Crippen LogP) is 4.51. The molecule has 0 heterocycles. The highest BCUT2D eigenvalue weighted by atomic mass is 16.5. The van der Waals surface area contributed by atoms with Gasteiger partial charge in [0, 0.05) is 5.69 Å². The number of anilines is 1. The number of hydrogen-bond acceptors (Lipinski definition) is 3. The summed E-state index contributed by atoms with van der Waals surface area (Å²) < 4.78 is 5.23. The molecule has 0 aliphatic heterocycles. The lowest BCUT2D eigenvalue weighted by Gasteiger charge is -2.13. The van der Waals surface area contributed by atoms with Crippen molar-refractivity contribution in [3.63, 3.8) is 0 Å². The van der Waals surface area contributed by atoms with Crippen LogP contribution in [0.1, 0.15) is 28.4 Å². The van der Waals surface area contributed by atoms with Crippen molar-refractivity contribution in [1.29, 1.82) is 0 Å². The number of benzene rings is 3. The third kappa shape index (κ3) is 3.75. The number of aryl methyl sites for hydroxylation is 2. The van der Waals surface area contributed by atoms with E-state index < -0.39 is 5.97 Å². The molecule has 26 heavy (non-hydrogen) atoms. The Morgan fingerprint density at radius 2 is 1.69 bits per heavy atom. The molecule has 1 N–H and O–H groups in total. The quantitative estimate of drug-likeness (QED) is 0.691. The molecule has 0 saturated carbocycles. The predicted molar refractivity (Wildman–Crippen MR) is 103 cm³/mol. The zero-order chi connectivity index (χ0) is 18.5. The molecule has 4 heteroatoms. The Morgan fingerprint density at radius 3 is 2.50 bits per heavy atom. The van der Waals surface area contributed by atoms with Crippen molar-refractivity contribution in [2.45, 2.75) is 20.3 Å². The van der Waals surface area contributed by atoms with E-state index in [9.17, 15) is 9.59 Å². The molecule has 0 aromatic heterocycles. The molecule has 1 amide bonds. The maximum Gasteiger partial charge on any atom is 0.339 e. The van der Waals surface area contributed by atoms with Crippen LogP contribution in [0.25, 0.3) is 10.8 Å². The van der Waals surface area contributed by atoms with Crippen LogP contribution in [0.4, 0.5) is 5.69 Å². The molecule has 0 atom stereocenters. The second-order valence-corrected chi connectivity index (χ2v) is 6.11. The van der Waals surface area contributed by atoms with Gasteiger partial charge < -0.3 is 10.1 Å². The van der Waals surface area contributed by atoms with Gasteiger partial charge in [0.25, 0.3) is 5.91 Å². The molecule has 3 aromatic rings. The van der Waals surface area contributed by atoms with Crippen molar-refractivity contribution in [3.05, 3.63) is 77.4 Å². The molecular formula is C22H21NO3. The van der Waals surface area contributed by atoms with Gasteiger partial charge in [0.15, 0.2) is 6.61 Å². The highest BCUT2D eigenvalue weighted by Crippen LogP contribution is 2.21. The highest BCUT2D eigenvalue weighted by Gasteiger charge is 2.14. The van der Waals surface area contributed by atoms with E-state index in [1.165, 1.54) is 0 Å². The molecule has 0 radical (unpaired) electrons. The molecule has 0 aliphatic rings. The van der Waals surface area contributed by atoms with Gasteiger partial charge in [-0.05, 0) is 41.3 Å². The van der Waals surface area contributed by atoms with E-state index in [-0.39, 0.29) is 12.5 Å². The first-order valence-electron chi connectivity index (χ1n) is 8.63. The maximum atomic E-state index is 12.4. The summed E-state index contributed by atoms with van der Waals surface area (Å²) in [6.07, 6.45) is 0.813. The van der Waals surface area contributed by atoms with Crippen LogP contribution >= 0.6 is 0 Å². The van der Waals surface area contributed by atoms with Gasteiger partial charge in [0.2, 0.25) is 0 Å². The lowest BCUT2D eigenvalue weighted by atomic mass is 10.0. The van der Waals surface area contributed by atoms with E-state index in [0.717, 1.165) is 34.0 Å². The van der Waals surface area contributed by atoms with Crippen LogP contribution in [-0.4, -0.2) is 18.5 Å². The van der Waals surface area contributed by atoms with E-state index in [0.29, 0.717) is 5.56 Å². The summed E-state index contributed by atoms with van der Waals surface area (Å²) in [7, 11) is 0. The minimum absolute atomic E-state index is 0.320. The van der Waals surface area contributed by atoms with Crippen molar-refractivity contribution in [3.8, 4) is 0 Å². The van der Waals surface area contributed by atoms with Crippen LogP contribution in [0, 0.1) is 6.92 Å². The average molecular weight is 347 g/mol. The Balaban J connectivity index is 1.69. The molecule has 132 valence electrons. The van der Waals surface area contributed by atoms with Gasteiger partial charge in [-0.15, -0.1) is 0 Å². The minimum atomic E-state index is -0.502. The molecule has 3 rings (SSSR count). The topological polar surface area (TPSA) is 55.4 Å². The summed E-state index contributed by atoms with van der Waals surface area (Å²) in [4.78, 5) is 24.6. The van der Waals surface area contributed by atoms with Gasteiger partial charge in [-0.3, -0.25) is 4.79 Å². The highest BCUT2D eigenvalue weighted by molar-refractivity contribution is 6.05. The third-order valence-electron chi connectivity index (χ3n) is 4.35. The maximum absolute atomic E-state index is 12.4. The summed E-state index contributed by atoms with van der Waals surface area (Å²) in [5.41, 5.74) is 3.29. The summed E-state index contributed by atoms with van der Waals surface area (Å²) in [6.45, 7) is 3.65. The first-order valence-corrected chi connectivity index (χ1v) is 8.63. The van der Waals surface area contributed by atoms with Crippen molar-refractivity contribution >= 4 is 28.3 Å². The molecular weight excluding hydrogens is 326 g/mol. The Bertz CT molecular complexity index is 957. The Morgan fingerprint density at radius 1 is 0.962 bits per heavy atom. The number of amides is 1. The van der Waals surface area contributed by atoms with Crippen LogP contribution in [0.2, 0.25) is 0 Å². The monoisotopic (exact) mass is 347 g/mol. The minimum Gasteiger partial charge on any atom is -0.452 e. The third-order valence-corrected chi connectivity index (χ3v) is 4.35. The molecule has 4 nitrogen and oxygen atoms in total. The fraction of sp³-hybridized carbons (Fsp3) is 0.182. The van der Waals surface area contributed by atoms with E-state index in [2.05, 4.69) is 5.32 Å². The number of carbonyl (C=O) groups excluding carboxylic acids is 2. The van der Waals surface area contributed by atoms with Crippen LogP contribution < -0.4 is 5.32 Å². The molecule has 0 aliphatic carbocycles. The number of nitrogens with one attached hydrogen (secondary N) is 1. The molecule has 0 fully saturated rings. The van der Waals surface area contributed by atoms with Crippen molar-refractivity contribution in [2.75, 3.05) is 11.9 Å². The van der Waals surface area contributed by atoms with Gasteiger partial charge in [-0.2, -0.15) is 0 Å². The number of esters is 1. The van der Waals surface area contributed by atoms with E-state index in [1.54, 1.807) is 12.1 Å². The Hall–Kier alpha value is -3.14. The molecule has 0 spiro atoms. The molecule has 0 saturated heterocycles. The molecule has 3 aromatic carbocycles. The molecule has 0 unspecified atom stereocenters. The second-order valence-electron chi connectivity index (χ2n) is 6.11. The summed E-state index contributed by atoms with van der Waals surface area (Å²) in [5, 5.41) is 4.63. The lowest BCUT2D eigenvalue weighted by molar-refractivity contribution is -0.119. The average Bonchev–Trinajstić information content (AvgIpc) is 2.67. The van der Waals surface area contributed by atoms with Crippen molar-refractivity contribution in [2.24, 2.45) is 0 Å². The second kappa shape index (κ2) is 7.83. The van der Waals surface area contributed by atoms with Crippen LogP contribution in [0.5, 0.6) is 0 Å². The van der Waals surface area contributed by atoms with Gasteiger partial charge in [0.1, 0.15) is 0 Å².